The lowest BCUT2D eigenvalue weighted by Gasteiger charge is -2.24. The summed E-state index contributed by atoms with van der Waals surface area (Å²) in [5.41, 5.74) is 3.63. The molecule has 3 heterocycles. The number of hydrogen-bond donors (Lipinski definition) is 0. The summed E-state index contributed by atoms with van der Waals surface area (Å²) >= 11 is 6.28. The quantitative estimate of drug-likeness (QED) is 0.638. The molecule has 142 valence electrons. The zero-order valence-corrected chi connectivity index (χ0v) is 16.9. The average Bonchev–Trinajstić information content (AvgIpc) is 2.76. The minimum absolute atomic E-state index is 0.273. The van der Waals surface area contributed by atoms with Crippen molar-refractivity contribution in [2.24, 2.45) is 0 Å². The van der Waals surface area contributed by atoms with E-state index in [9.17, 15) is 0 Å². The second-order valence-corrected chi connectivity index (χ2v) is 8.30. The Morgan fingerprint density at radius 3 is 2.70 bits per heavy atom. The van der Waals surface area contributed by atoms with Crippen LogP contribution in [0.1, 0.15) is 29.4 Å². The molecule has 3 nitrogen and oxygen atoms in total. The summed E-state index contributed by atoms with van der Waals surface area (Å²) in [5.74, 6) is 0. The number of alkyl halides is 1. The van der Waals surface area contributed by atoms with Gasteiger partial charge in [0.1, 0.15) is 0 Å². The summed E-state index contributed by atoms with van der Waals surface area (Å²) in [6, 6.07) is 9.67. The normalized spacial score (nSPS) is 17.5. The van der Waals surface area contributed by atoms with E-state index in [0.717, 1.165) is 47.6 Å². The molecule has 5 heteroatoms. The first kappa shape index (κ1) is 18.5. The Balaban J connectivity index is 1.82. The Morgan fingerprint density at radius 1 is 1.19 bits per heavy atom. The van der Waals surface area contributed by atoms with Crippen molar-refractivity contribution in [3.8, 4) is 0 Å². The van der Waals surface area contributed by atoms with Gasteiger partial charge in [-0.25, -0.2) is 4.39 Å². The number of halogens is 2. The Bertz CT molecular complexity index is 975. The molecule has 0 saturated heterocycles. The molecule has 0 N–H and O–H groups in total. The topological polar surface area (TPSA) is 21.1 Å². The van der Waals surface area contributed by atoms with Gasteiger partial charge in [-0.3, -0.25) is 4.98 Å². The van der Waals surface area contributed by atoms with Crippen molar-refractivity contribution < 1.29 is 4.39 Å². The molecule has 2 aromatic heterocycles. The first-order chi connectivity index (χ1) is 12.8. The van der Waals surface area contributed by atoms with Gasteiger partial charge in [-0.2, -0.15) is 0 Å². The Hall–Kier alpha value is -1.91. The lowest BCUT2D eigenvalue weighted by molar-refractivity contribution is 0.162. The Labute approximate surface area is 164 Å². The monoisotopic (exact) mass is 385 g/mol. The maximum Gasteiger partial charge on any atom is 0.152 e. The summed E-state index contributed by atoms with van der Waals surface area (Å²) < 4.78 is 17.9. The van der Waals surface area contributed by atoms with Gasteiger partial charge in [0.05, 0.1) is 6.54 Å². The number of aryl methyl sites for hydroxylation is 1. The first-order valence-electron chi connectivity index (χ1n) is 9.45. The van der Waals surface area contributed by atoms with Gasteiger partial charge >= 0.3 is 0 Å². The van der Waals surface area contributed by atoms with E-state index in [1.165, 1.54) is 11.3 Å². The standard InChI is InChI=1S/C22H25ClFN3/c1-15-4-5-16(13-25-15)22(2,24)14-27-20-7-6-17(23)12-19(20)18-8-10-26(3)11-9-21(18)27/h4-7,12-13H,8-11,14H2,1-3H3. The largest absolute Gasteiger partial charge is 0.341 e. The van der Waals surface area contributed by atoms with Gasteiger partial charge in [0.2, 0.25) is 0 Å². The van der Waals surface area contributed by atoms with Crippen LogP contribution in [0.15, 0.2) is 36.5 Å². The summed E-state index contributed by atoms with van der Waals surface area (Å²) in [6.07, 6.45) is 3.54. The molecule has 1 aliphatic heterocycles. The number of benzene rings is 1. The van der Waals surface area contributed by atoms with E-state index in [-0.39, 0.29) is 6.54 Å². The molecule has 0 saturated carbocycles. The first-order valence-corrected chi connectivity index (χ1v) is 9.83. The van der Waals surface area contributed by atoms with E-state index in [4.69, 9.17) is 11.6 Å². The molecule has 27 heavy (non-hydrogen) atoms. The molecule has 1 unspecified atom stereocenters. The van der Waals surface area contributed by atoms with E-state index in [2.05, 4.69) is 21.5 Å². The van der Waals surface area contributed by atoms with Gasteiger partial charge in [0.15, 0.2) is 5.67 Å². The van der Waals surface area contributed by atoms with Crippen LogP contribution < -0.4 is 0 Å². The number of fused-ring (bicyclic) bond motifs is 3. The van der Waals surface area contributed by atoms with Gasteiger partial charge in [0.25, 0.3) is 0 Å². The number of nitrogens with zero attached hydrogens (tertiary/aromatic N) is 3. The highest BCUT2D eigenvalue weighted by Crippen LogP contribution is 2.35. The zero-order valence-electron chi connectivity index (χ0n) is 16.1. The molecular formula is C22H25ClFN3. The predicted molar refractivity (Wildman–Crippen MR) is 109 cm³/mol. The average molecular weight is 386 g/mol. The van der Waals surface area contributed by atoms with Crippen molar-refractivity contribution in [2.45, 2.75) is 38.9 Å². The molecule has 0 fully saturated rings. The molecule has 1 aromatic carbocycles. The van der Waals surface area contributed by atoms with Crippen LogP contribution in [0, 0.1) is 6.92 Å². The minimum Gasteiger partial charge on any atom is -0.341 e. The van der Waals surface area contributed by atoms with Crippen LogP contribution in [0.5, 0.6) is 0 Å². The van der Waals surface area contributed by atoms with Crippen molar-refractivity contribution in [2.75, 3.05) is 20.1 Å². The predicted octanol–water partition coefficient (Wildman–Crippen LogP) is 4.91. The van der Waals surface area contributed by atoms with Gasteiger partial charge in [-0.05, 0) is 57.1 Å². The van der Waals surface area contributed by atoms with Crippen LogP contribution in [0.4, 0.5) is 4.39 Å². The molecule has 1 atom stereocenters. The van der Waals surface area contributed by atoms with Crippen molar-refractivity contribution in [3.63, 3.8) is 0 Å². The molecule has 4 rings (SSSR count). The smallest absolute Gasteiger partial charge is 0.152 e. The maximum absolute atomic E-state index is 15.8. The second-order valence-electron chi connectivity index (χ2n) is 7.86. The molecule has 1 aliphatic rings. The number of hydrogen-bond acceptors (Lipinski definition) is 2. The van der Waals surface area contributed by atoms with Crippen molar-refractivity contribution in [1.82, 2.24) is 14.5 Å². The third-order valence-corrected chi connectivity index (χ3v) is 5.93. The Kier molecular flexibility index (Phi) is 4.73. The Morgan fingerprint density at radius 2 is 1.96 bits per heavy atom. The summed E-state index contributed by atoms with van der Waals surface area (Å²) in [7, 11) is 2.14. The highest BCUT2D eigenvalue weighted by molar-refractivity contribution is 6.31. The molecular weight excluding hydrogens is 361 g/mol. The summed E-state index contributed by atoms with van der Waals surface area (Å²) in [6.45, 7) is 5.82. The van der Waals surface area contributed by atoms with Crippen molar-refractivity contribution in [1.29, 1.82) is 0 Å². The molecule has 0 bridgehead atoms. The number of aromatic nitrogens is 2. The fourth-order valence-corrected chi connectivity index (χ4v) is 4.24. The van der Waals surface area contributed by atoms with Crippen molar-refractivity contribution >= 4 is 22.5 Å². The highest BCUT2D eigenvalue weighted by Gasteiger charge is 2.30. The van der Waals surface area contributed by atoms with Crippen LogP contribution in [0.2, 0.25) is 5.02 Å². The van der Waals surface area contributed by atoms with Gasteiger partial charge < -0.3 is 9.47 Å². The molecule has 0 spiro atoms. The molecule has 3 aromatic rings. The third-order valence-electron chi connectivity index (χ3n) is 5.69. The van der Waals surface area contributed by atoms with E-state index in [1.54, 1.807) is 13.1 Å². The van der Waals surface area contributed by atoms with Crippen LogP contribution in [-0.4, -0.2) is 34.6 Å². The number of rotatable bonds is 3. The van der Waals surface area contributed by atoms with Crippen LogP contribution in [-0.2, 0) is 25.1 Å². The van der Waals surface area contributed by atoms with Crippen LogP contribution in [0.3, 0.4) is 0 Å². The lowest BCUT2D eigenvalue weighted by Crippen LogP contribution is -2.25. The zero-order chi connectivity index (χ0) is 19.2. The van der Waals surface area contributed by atoms with E-state index in [1.807, 2.05) is 37.3 Å². The highest BCUT2D eigenvalue weighted by atomic mass is 35.5. The molecule has 0 amide bonds. The summed E-state index contributed by atoms with van der Waals surface area (Å²) in [4.78, 5) is 6.62. The van der Waals surface area contributed by atoms with E-state index >= 15 is 4.39 Å². The maximum atomic E-state index is 15.8. The van der Waals surface area contributed by atoms with Gasteiger partial charge in [0, 0.05) is 58.6 Å². The summed E-state index contributed by atoms with van der Waals surface area (Å²) in [5, 5.41) is 1.89. The SMILES string of the molecule is Cc1ccc(C(C)(F)Cn2c3c(c4cc(Cl)ccc42)CCN(C)CC3)cn1. The third kappa shape index (κ3) is 3.48. The van der Waals surface area contributed by atoms with Crippen LogP contribution in [0.25, 0.3) is 10.9 Å². The lowest BCUT2D eigenvalue weighted by atomic mass is 9.99. The fraction of sp³-hybridized carbons (Fsp3) is 0.409. The van der Waals surface area contributed by atoms with Gasteiger partial charge in [-0.1, -0.05) is 17.7 Å². The number of pyridine rings is 1. The fourth-order valence-electron chi connectivity index (χ4n) is 4.07. The molecule has 0 radical (unpaired) electrons. The van der Waals surface area contributed by atoms with Crippen LogP contribution >= 0.6 is 11.6 Å². The van der Waals surface area contributed by atoms with E-state index in [0.29, 0.717) is 5.56 Å². The van der Waals surface area contributed by atoms with Crippen molar-refractivity contribution in [3.05, 3.63) is 64.1 Å². The molecule has 0 aliphatic carbocycles. The minimum atomic E-state index is -1.50. The number of likely N-dealkylation sites (N-methyl/N-ethyl adjacent to an activating group) is 1. The van der Waals surface area contributed by atoms with Gasteiger partial charge in [-0.15, -0.1) is 0 Å². The second kappa shape index (κ2) is 6.92. The van der Waals surface area contributed by atoms with E-state index < -0.39 is 5.67 Å².